The summed E-state index contributed by atoms with van der Waals surface area (Å²) in [5.41, 5.74) is 3.19. The fraction of sp³-hybridized carbons (Fsp3) is 0.412. The lowest BCUT2D eigenvalue weighted by atomic mass is 10.1. The molecule has 4 heteroatoms. The maximum Gasteiger partial charge on any atom is 0.138 e. The van der Waals surface area contributed by atoms with Crippen LogP contribution in [-0.4, -0.2) is 15.5 Å². The summed E-state index contributed by atoms with van der Waals surface area (Å²) in [7, 11) is 0. The van der Waals surface area contributed by atoms with Crippen molar-refractivity contribution in [1.82, 2.24) is 15.3 Å². The van der Waals surface area contributed by atoms with E-state index in [1.165, 1.54) is 0 Å². The highest BCUT2D eigenvalue weighted by atomic mass is 16.5. The fourth-order valence-corrected chi connectivity index (χ4v) is 1.78. The zero-order valence-corrected chi connectivity index (χ0v) is 13.2. The predicted molar refractivity (Wildman–Crippen MR) is 84.1 cm³/mol. The Hall–Kier alpha value is -1.94. The molecule has 0 atom stereocenters. The van der Waals surface area contributed by atoms with Crippen molar-refractivity contribution < 1.29 is 4.74 Å². The zero-order valence-electron chi connectivity index (χ0n) is 13.2. The molecule has 2 aromatic heterocycles. The first kappa shape index (κ1) is 15.4. The molecule has 0 spiro atoms. The van der Waals surface area contributed by atoms with Gasteiger partial charge in [0.1, 0.15) is 12.4 Å². The first-order chi connectivity index (χ1) is 9.94. The molecule has 0 amide bonds. The lowest BCUT2D eigenvalue weighted by Gasteiger charge is -2.20. The molecule has 0 bridgehead atoms. The van der Waals surface area contributed by atoms with Gasteiger partial charge in [-0.25, -0.2) is 0 Å². The number of aryl methyl sites for hydroxylation is 1. The molecule has 0 saturated carbocycles. The molecule has 0 aromatic carbocycles. The number of nitrogens with zero attached hydrogens (tertiary/aromatic N) is 2. The molecule has 0 fully saturated rings. The smallest absolute Gasteiger partial charge is 0.138 e. The van der Waals surface area contributed by atoms with E-state index < -0.39 is 0 Å². The van der Waals surface area contributed by atoms with Crippen LogP contribution >= 0.6 is 0 Å². The van der Waals surface area contributed by atoms with E-state index in [1.54, 1.807) is 12.4 Å². The van der Waals surface area contributed by atoms with E-state index in [-0.39, 0.29) is 5.54 Å². The molecule has 0 aliphatic carbocycles. The lowest BCUT2D eigenvalue weighted by molar-refractivity contribution is 0.299. The number of pyridine rings is 2. The molecule has 0 radical (unpaired) electrons. The molecular weight excluding hydrogens is 262 g/mol. The second-order valence-electron chi connectivity index (χ2n) is 6.14. The van der Waals surface area contributed by atoms with Crippen LogP contribution in [0.3, 0.4) is 0 Å². The highest BCUT2D eigenvalue weighted by molar-refractivity contribution is 5.22. The van der Waals surface area contributed by atoms with Crippen molar-refractivity contribution >= 4 is 0 Å². The van der Waals surface area contributed by atoms with Crippen LogP contribution in [0.4, 0.5) is 0 Å². The first-order valence-electron chi connectivity index (χ1n) is 7.17. The SMILES string of the molecule is Cc1cccnc1COc1ccc(CNC(C)(C)C)nc1. The molecule has 2 aromatic rings. The maximum atomic E-state index is 5.73. The monoisotopic (exact) mass is 285 g/mol. The van der Waals surface area contributed by atoms with E-state index in [9.17, 15) is 0 Å². The van der Waals surface area contributed by atoms with Crippen molar-refractivity contribution in [3.63, 3.8) is 0 Å². The molecule has 21 heavy (non-hydrogen) atoms. The van der Waals surface area contributed by atoms with Crippen LogP contribution in [0.25, 0.3) is 0 Å². The van der Waals surface area contributed by atoms with Crippen molar-refractivity contribution in [2.45, 2.75) is 46.4 Å². The van der Waals surface area contributed by atoms with Crippen LogP contribution in [0.15, 0.2) is 36.7 Å². The Balaban J connectivity index is 1.89. The summed E-state index contributed by atoms with van der Waals surface area (Å²) in [6.07, 6.45) is 3.54. The molecule has 2 heterocycles. The largest absolute Gasteiger partial charge is 0.486 e. The minimum absolute atomic E-state index is 0.0906. The number of aromatic nitrogens is 2. The summed E-state index contributed by atoms with van der Waals surface area (Å²) in [5, 5.41) is 3.41. The molecule has 112 valence electrons. The van der Waals surface area contributed by atoms with Gasteiger partial charge in [0.05, 0.1) is 17.6 Å². The topological polar surface area (TPSA) is 47.0 Å². The Labute approximate surface area is 126 Å². The molecule has 2 rings (SSSR count). The van der Waals surface area contributed by atoms with Crippen molar-refractivity contribution in [3.8, 4) is 5.75 Å². The normalized spacial score (nSPS) is 11.4. The zero-order chi connectivity index (χ0) is 15.3. The predicted octanol–water partition coefficient (Wildman–Crippen LogP) is 3.25. The van der Waals surface area contributed by atoms with Crippen LogP contribution in [0.1, 0.15) is 37.7 Å². The summed E-state index contributed by atoms with van der Waals surface area (Å²) in [5.74, 6) is 0.763. The van der Waals surface area contributed by atoms with Crippen LogP contribution in [0.5, 0.6) is 5.75 Å². The molecular formula is C17H23N3O. The Morgan fingerprint density at radius 2 is 1.95 bits per heavy atom. The summed E-state index contributed by atoms with van der Waals surface area (Å²) >= 11 is 0. The first-order valence-corrected chi connectivity index (χ1v) is 7.17. The Morgan fingerprint density at radius 1 is 1.14 bits per heavy atom. The third-order valence-electron chi connectivity index (χ3n) is 3.09. The van der Waals surface area contributed by atoms with Crippen molar-refractivity contribution in [3.05, 3.63) is 53.6 Å². The van der Waals surface area contributed by atoms with E-state index in [4.69, 9.17) is 4.74 Å². The summed E-state index contributed by atoms with van der Waals surface area (Å²) in [6, 6.07) is 7.90. The summed E-state index contributed by atoms with van der Waals surface area (Å²) in [6.45, 7) is 9.67. The van der Waals surface area contributed by atoms with Gasteiger partial charge in [-0.1, -0.05) is 6.07 Å². The Bertz CT molecular complexity index is 573. The van der Waals surface area contributed by atoms with Crippen LogP contribution < -0.4 is 10.1 Å². The average molecular weight is 285 g/mol. The second kappa shape index (κ2) is 6.68. The van der Waals surface area contributed by atoms with Crippen LogP contribution in [0, 0.1) is 6.92 Å². The number of nitrogens with one attached hydrogen (secondary N) is 1. The quantitative estimate of drug-likeness (QED) is 0.916. The molecule has 0 saturated heterocycles. The van der Waals surface area contributed by atoms with Gasteiger partial charge in [-0.3, -0.25) is 9.97 Å². The third kappa shape index (κ3) is 5.16. The highest BCUT2D eigenvalue weighted by Crippen LogP contribution is 2.13. The van der Waals surface area contributed by atoms with Gasteiger partial charge in [-0.2, -0.15) is 0 Å². The number of hydrogen-bond donors (Lipinski definition) is 1. The number of rotatable bonds is 5. The summed E-state index contributed by atoms with van der Waals surface area (Å²) < 4.78 is 5.73. The number of ether oxygens (including phenoxy) is 1. The number of hydrogen-bond acceptors (Lipinski definition) is 4. The van der Waals surface area contributed by atoms with E-state index in [1.807, 2.05) is 31.2 Å². The fourth-order valence-electron chi connectivity index (χ4n) is 1.78. The molecule has 0 aliphatic rings. The molecule has 0 unspecified atom stereocenters. The van der Waals surface area contributed by atoms with Gasteiger partial charge in [0, 0.05) is 18.3 Å². The van der Waals surface area contributed by atoms with E-state index in [2.05, 4.69) is 36.1 Å². The average Bonchev–Trinajstić information content (AvgIpc) is 2.45. The molecule has 4 nitrogen and oxygen atoms in total. The lowest BCUT2D eigenvalue weighted by Crippen LogP contribution is -2.35. The van der Waals surface area contributed by atoms with Gasteiger partial charge in [0.25, 0.3) is 0 Å². The summed E-state index contributed by atoms with van der Waals surface area (Å²) in [4.78, 5) is 8.72. The Morgan fingerprint density at radius 3 is 2.57 bits per heavy atom. The van der Waals surface area contributed by atoms with E-state index in [0.29, 0.717) is 6.61 Å². The standard InChI is InChI=1S/C17H23N3O/c1-13-6-5-9-18-16(13)12-21-15-8-7-14(19-11-15)10-20-17(2,3)4/h5-9,11,20H,10,12H2,1-4H3. The van der Waals surface area contributed by atoms with Gasteiger partial charge in [0.2, 0.25) is 0 Å². The van der Waals surface area contributed by atoms with Crippen LogP contribution in [0.2, 0.25) is 0 Å². The minimum Gasteiger partial charge on any atom is -0.486 e. The van der Waals surface area contributed by atoms with E-state index in [0.717, 1.165) is 29.2 Å². The van der Waals surface area contributed by atoms with Gasteiger partial charge in [-0.05, 0) is 51.5 Å². The van der Waals surface area contributed by atoms with Gasteiger partial charge in [0.15, 0.2) is 0 Å². The van der Waals surface area contributed by atoms with Gasteiger partial charge >= 0.3 is 0 Å². The van der Waals surface area contributed by atoms with Crippen molar-refractivity contribution in [2.75, 3.05) is 0 Å². The second-order valence-corrected chi connectivity index (χ2v) is 6.14. The van der Waals surface area contributed by atoms with E-state index >= 15 is 0 Å². The van der Waals surface area contributed by atoms with Gasteiger partial charge in [-0.15, -0.1) is 0 Å². The van der Waals surface area contributed by atoms with Crippen molar-refractivity contribution in [2.24, 2.45) is 0 Å². The Kier molecular flexibility index (Phi) is 4.91. The van der Waals surface area contributed by atoms with Crippen molar-refractivity contribution in [1.29, 1.82) is 0 Å². The highest BCUT2D eigenvalue weighted by Gasteiger charge is 2.08. The maximum absolute atomic E-state index is 5.73. The molecule has 1 N–H and O–H groups in total. The third-order valence-corrected chi connectivity index (χ3v) is 3.09. The molecule has 0 aliphatic heterocycles. The van der Waals surface area contributed by atoms with Gasteiger partial charge < -0.3 is 10.1 Å². The van der Waals surface area contributed by atoms with Crippen LogP contribution in [-0.2, 0) is 13.2 Å². The minimum atomic E-state index is 0.0906.